The number of rotatable bonds is 6. The van der Waals surface area contributed by atoms with Gasteiger partial charge in [0.2, 0.25) is 5.56 Å². The lowest BCUT2D eigenvalue weighted by Gasteiger charge is -2.32. The highest BCUT2D eigenvalue weighted by atomic mass is 16.5. The summed E-state index contributed by atoms with van der Waals surface area (Å²) in [6.07, 6.45) is 3.48. The van der Waals surface area contributed by atoms with E-state index in [1.807, 2.05) is 24.3 Å². The van der Waals surface area contributed by atoms with Gasteiger partial charge in [-0.1, -0.05) is 36.4 Å². The lowest BCUT2D eigenvalue weighted by molar-refractivity contribution is 0.193. The topological polar surface area (TPSA) is 45.3 Å². The van der Waals surface area contributed by atoms with E-state index < -0.39 is 0 Å². The molecule has 4 nitrogen and oxygen atoms in total. The van der Waals surface area contributed by atoms with Crippen molar-refractivity contribution in [1.82, 2.24) is 9.88 Å². The second kappa shape index (κ2) is 8.40. The molecule has 1 aliphatic heterocycles. The predicted octanol–water partition coefficient (Wildman–Crippen LogP) is 4.18. The third-order valence-electron chi connectivity index (χ3n) is 5.46. The Morgan fingerprint density at radius 3 is 2.59 bits per heavy atom. The van der Waals surface area contributed by atoms with Gasteiger partial charge in [0.15, 0.2) is 0 Å². The molecule has 0 amide bonds. The fourth-order valence-electron chi connectivity index (χ4n) is 3.97. The van der Waals surface area contributed by atoms with Crippen LogP contribution in [0.15, 0.2) is 65.5 Å². The van der Waals surface area contributed by atoms with Crippen LogP contribution in [0.2, 0.25) is 0 Å². The Morgan fingerprint density at radius 2 is 1.78 bits per heavy atom. The van der Waals surface area contributed by atoms with Crippen molar-refractivity contribution < 1.29 is 4.74 Å². The number of likely N-dealkylation sites (tertiary alicyclic amines) is 1. The molecular weight excluding hydrogens is 336 g/mol. The number of H-pyrrole nitrogens is 1. The molecule has 27 heavy (non-hydrogen) atoms. The van der Waals surface area contributed by atoms with Gasteiger partial charge in [-0.2, -0.15) is 0 Å². The molecule has 1 aliphatic rings. The lowest BCUT2D eigenvalue weighted by Crippen LogP contribution is -2.34. The number of nitrogens with zero attached hydrogens (tertiary/aromatic N) is 1. The minimum atomic E-state index is -0.0847. The first-order valence-corrected chi connectivity index (χ1v) is 9.82. The third-order valence-corrected chi connectivity index (χ3v) is 5.46. The van der Waals surface area contributed by atoms with Crippen molar-refractivity contribution in [3.8, 4) is 5.75 Å². The van der Waals surface area contributed by atoms with Crippen molar-refractivity contribution in [1.29, 1.82) is 0 Å². The highest BCUT2D eigenvalue weighted by Gasteiger charge is 2.19. The van der Waals surface area contributed by atoms with Gasteiger partial charge >= 0.3 is 0 Å². The number of piperidine rings is 1. The van der Waals surface area contributed by atoms with E-state index in [0.29, 0.717) is 12.5 Å². The summed E-state index contributed by atoms with van der Waals surface area (Å²) in [6.45, 7) is 4.09. The maximum atomic E-state index is 11.4. The van der Waals surface area contributed by atoms with E-state index in [9.17, 15) is 4.79 Å². The molecule has 0 saturated carbocycles. The van der Waals surface area contributed by atoms with Crippen LogP contribution in [0.25, 0.3) is 10.9 Å². The van der Waals surface area contributed by atoms with E-state index >= 15 is 0 Å². The molecule has 2 aromatic carbocycles. The molecule has 0 spiro atoms. The molecule has 4 heteroatoms. The van der Waals surface area contributed by atoms with Crippen LogP contribution in [-0.2, 0) is 0 Å². The van der Waals surface area contributed by atoms with Crippen LogP contribution in [0.5, 0.6) is 5.75 Å². The largest absolute Gasteiger partial charge is 0.493 e. The summed E-state index contributed by atoms with van der Waals surface area (Å²) in [5, 5.41) is 0.959. The molecule has 0 atom stereocenters. The third kappa shape index (κ3) is 4.40. The molecule has 2 heterocycles. The van der Waals surface area contributed by atoms with Crippen LogP contribution in [0.1, 0.15) is 30.7 Å². The van der Waals surface area contributed by atoms with Gasteiger partial charge in [0.1, 0.15) is 5.75 Å². The molecule has 1 fully saturated rings. The van der Waals surface area contributed by atoms with Crippen LogP contribution >= 0.6 is 0 Å². The van der Waals surface area contributed by atoms with Crippen molar-refractivity contribution in [3.05, 3.63) is 76.6 Å². The van der Waals surface area contributed by atoms with Gasteiger partial charge in [0.25, 0.3) is 0 Å². The van der Waals surface area contributed by atoms with Crippen molar-refractivity contribution in [2.75, 3.05) is 26.2 Å². The maximum absolute atomic E-state index is 11.4. The number of nitrogens with one attached hydrogen (secondary N) is 1. The Kier molecular flexibility index (Phi) is 5.54. The summed E-state index contributed by atoms with van der Waals surface area (Å²) >= 11 is 0. The van der Waals surface area contributed by atoms with E-state index in [2.05, 4.69) is 40.2 Å². The molecule has 0 unspecified atom stereocenters. The maximum Gasteiger partial charge on any atom is 0.248 e. The van der Waals surface area contributed by atoms with Gasteiger partial charge in [-0.05, 0) is 62.0 Å². The highest BCUT2D eigenvalue weighted by molar-refractivity contribution is 5.84. The molecule has 0 radical (unpaired) electrons. The van der Waals surface area contributed by atoms with Crippen LogP contribution in [-0.4, -0.2) is 36.1 Å². The first-order valence-electron chi connectivity index (χ1n) is 9.82. The quantitative estimate of drug-likeness (QED) is 0.669. The number of aromatic nitrogens is 1. The normalized spacial score (nSPS) is 15.9. The Balaban J connectivity index is 1.24. The van der Waals surface area contributed by atoms with Crippen LogP contribution in [0, 0.1) is 0 Å². The zero-order chi connectivity index (χ0) is 18.5. The number of pyridine rings is 1. The van der Waals surface area contributed by atoms with E-state index in [0.717, 1.165) is 42.7 Å². The molecule has 4 rings (SSSR count). The first-order chi connectivity index (χ1) is 13.3. The van der Waals surface area contributed by atoms with Crippen LogP contribution in [0.4, 0.5) is 0 Å². The molecule has 1 N–H and O–H groups in total. The number of benzene rings is 2. The zero-order valence-corrected chi connectivity index (χ0v) is 15.6. The molecular formula is C23H26N2O2. The van der Waals surface area contributed by atoms with E-state index in [-0.39, 0.29) is 5.56 Å². The number of fused-ring (bicyclic) bond motifs is 1. The average Bonchev–Trinajstić information content (AvgIpc) is 2.72. The van der Waals surface area contributed by atoms with E-state index in [1.165, 1.54) is 18.4 Å². The first kappa shape index (κ1) is 17.8. The Labute approximate surface area is 159 Å². The van der Waals surface area contributed by atoms with Crippen molar-refractivity contribution in [2.24, 2.45) is 0 Å². The lowest BCUT2D eigenvalue weighted by atomic mass is 9.89. The second-order valence-corrected chi connectivity index (χ2v) is 7.27. The summed E-state index contributed by atoms with van der Waals surface area (Å²) in [5.74, 6) is 1.54. The molecule has 0 aliphatic carbocycles. The smallest absolute Gasteiger partial charge is 0.248 e. The van der Waals surface area contributed by atoms with Crippen molar-refractivity contribution in [3.63, 3.8) is 0 Å². The summed E-state index contributed by atoms with van der Waals surface area (Å²) < 4.78 is 5.99. The molecule has 3 aromatic rings. The standard InChI is InChI=1S/C23H26N2O2/c26-23-11-10-20-21(24-23)8-4-9-22(20)27-17-5-14-25-15-12-19(13-16-25)18-6-2-1-3-7-18/h1-4,6-11,19H,5,12-17H2,(H,24,26). The Hall–Kier alpha value is -2.59. The zero-order valence-electron chi connectivity index (χ0n) is 15.6. The van der Waals surface area contributed by atoms with Gasteiger partial charge in [-0.25, -0.2) is 0 Å². The van der Waals surface area contributed by atoms with Crippen LogP contribution < -0.4 is 10.3 Å². The number of aromatic amines is 1. The monoisotopic (exact) mass is 362 g/mol. The molecule has 1 aromatic heterocycles. The average molecular weight is 362 g/mol. The number of hydrogen-bond donors (Lipinski definition) is 1. The van der Waals surface area contributed by atoms with Gasteiger partial charge in [-0.3, -0.25) is 4.79 Å². The SMILES string of the molecule is O=c1ccc2c(OCCCN3CCC(c4ccccc4)CC3)cccc2[nH]1. The summed E-state index contributed by atoms with van der Waals surface area (Å²) in [4.78, 5) is 16.8. The Bertz CT molecular complexity index is 928. The fraction of sp³-hybridized carbons (Fsp3) is 0.348. The van der Waals surface area contributed by atoms with E-state index in [1.54, 1.807) is 6.07 Å². The molecule has 1 saturated heterocycles. The second-order valence-electron chi connectivity index (χ2n) is 7.27. The van der Waals surface area contributed by atoms with Gasteiger partial charge < -0.3 is 14.6 Å². The Morgan fingerprint density at radius 1 is 0.963 bits per heavy atom. The molecule has 140 valence electrons. The van der Waals surface area contributed by atoms with Gasteiger partial charge in [0, 0.05) is 18.0 Å². The highest BCUT2D eigenvalue weighted by Crippen LogP contribution is 2.28. The van der Waals surface area contributed by atoms with Crippen molar-refractivity contribution in [2.45, 2.75) is 25.2 Å². The summed E-state index contributed by atoms with van der Waals surface area (Å²) in [7, 11) is 0. The van der Waals surface area contributed by atoms with Gasteiger partial charge in [-0.15, -0.1) is 0 Å². The summed E-state index contributed by atoms with van der Waals surface area (Å²) in [5.41, 5.74) is 2.22. The van der Waals surface area contributed by atoms with Crippen LogP contribution in [0.3, 0.4) is 0 Å². The minimum Gasteiger partial charge on any atom is -0.493 e. The molecule has 0 bridgehead atoms. The predicted molar refractivity (Wildman–Crippen MR) is 110 cm³/mol. The fourth-order valence-corrected chi connectivity index (χ4v) is 3.97. The summed E-state index contributed by atoms with van der Waals surface area (Å²) in [6, 6.07) is 20.0. The van der Waals surface area contributed by atoms with Crippen molar-refractivity contribution >= 4 is 10.9 Å². The minimum absolute atomic E-state index is 0.0847. The number of hydrogen-bond acceptors (Lipinski definition) is 3. The van der Waals surface area contributed by atoms with E-state index in [4.69, 9.17) is 4.74 Å². The number of ether oxygens (including phenoxy) is 1. The van der Waals surface area contributed by atoms with Gasteiger partial charge in [0.05, 0.1) is 12.1 Å².